The number of benzene rings is 1. The van der Waals surface area contributed by atoms with Crippen LogP contribution in [0.4, 0.5) is 0 Å². The van der Waals surface area contributed by atoms with Crippen molar-refractivity contribution in [1.82, 2.24) is 4.90 Å². The molecule has 104 valence electrons. The topological polar surface area (TPSA) is 29.5 Å². The van der Waals surface area contributed by atoms with Crippen LogP contribution in [0.15, 0.2) is 30.3 Å². The molecule has 0 saturated carbocycles. The molecule has 1 aliphatic heterocycles. The van der Waals surface area contributed by atoms with Gasteiger partial charge in [-0.2, -0.15) is 0 Å². The molecule has 0 spiro atoms. The summed E-state index contributed by atoms with van der Waals surface area (Å²) in [6.45, 7) is 6.64. The zero-order valence-electron chi connectivity index (χ0n) is 11.8. The Bertz CT molecular complexity index is 404. The van der Waals surface area contributed by atoms with Crippen LogP contribution in [-0.2, 0) is 9.53 Å². The van der Waals surface area contributed by atoms with E-state index < -0.39 is 0 Å². The first-order valence-corrected chi connectivity index (χ1v) is 7.15. The van der Waals surface area contributed by atoms with Crippen LogP contribution in [-0.4, -0.2) is 30.6 Å². The summed E-state index contributed by atoms with van der Waals surface area (Å²) < 4.78 is 5.03. The number of ether oxygens (including phenoxy) is 1. The minimum atomic E-state index is -0.0540. The Hall–Kier alpha value is -1.35. The molecule has 1 saturated heterocycles. The van der Waals surface area contributed by atoms with Crippen LogP contribution in [0.5, 0.6) is 0 Å². The lowest BCUT2D eigenvalue weighted by Crippen LogP contribution is -2.25. The number of likely N-dealkylation sites (tertiary alicyclic amines) is 1. The molecule has 1 aromatic carbocycles. The molecular weight excluding hydrogens is 238 g/mol. The smallest absolute Gasteiger partial charge is 0.306 e. The fourth-order valence-corrected chi connectivity index (χ4v) is 2.78. The predicted molar refractivity (Wildman–Crippen MR) is 75.8 cm³/mol. The van der Waals surface area contributed by atoms with Crippen molar-refractivity contribution in [2.75, 3.05) is 19.7 Å². The van der Waals surface area contributed by atoms with Crippen molar-refractivity contribution >= 4 is 5.97 Å². The zero-order chi connectivity index (χ0) is 13.7. The van der Waals surface area contributed by atoms with Crippen LogP contribution in [0.2, 0.25) is 0 Å². The summed E-state index contributed by atoms with van der Waals surface area (Å²) in [5.41, 5.74) is 1.35. The van der Waals surface area contributed by atoms with Gasteiger partial charge in [-0.25, -0.2) is 0 Å². The first-order valence-electron chi connectivity index (χ1n) is 7.15. The number of carbonyl (C=O) groups excluding carboxylic acids is 1. The number of nitrogens with zero attached hydrogens (tertiary/aromatic N) is 1. The van der Waals surface area contributed by atoms with Crippen molar-refractivity contribution in [1.29, 1.82) is 0 Å². The van der Waals surface area contributed by atoms with E-state index in [4.69, 9.17) is 4.74 Å². The van der Waals surface area contributed by atoms with Gasteiger partial charge in [0.2, 0.25) is 0 Å². The number of hydrogen-bond acceptors (Lipinski definition) is 3. The second-order valence-electron chi connectivity index (χ2n) is 5.25. The Morgan fingerprint density at radius 1 is 1.42 bits per heavy atom. The second kappa shape index (κ2) is 6.71. The van der Waals surface area contributed by atoms with Gasteiger partial charge in [-0.3, -0.25) is 9.69 Å². The van der Waals surface area contributed by atoms with Crippen molar-refractivity contribution in [3.05, 3.63) is 35.9 Å². The van der Waals surface area contributed by atoms with Gasteiger partial charge in [-0.05, 0) is 38.3 Å². The van der Waals surface area contributed by atoms with E-state index >= 15 is 0 Å². The third kappa shape index (κ3) is 3.80. The normalized spacial score (nSPS) is 21.3. The maximum Gasteiger partial charge on any atom is 0.306 e. The molecule has 2 atom stereocenters. The maximum absolute atomic E-state index is 11.5. The van der Waals surface area contributed by atoms with E-state index in [1.54, 1.807) is 0 Å². The van der Waals surface area contributed by atoms with Crippen LogP contribution < -0.4 is 0 Å². The lowest BCUT2D eigenvalue weighted by atomic mass is 10.0. The van der Waals surface area contributed by atoms with Gasteiger partial charge in [0.1, 0.15) is 0 Å². The molecule has 1 aromatic rings. The van der Waals surface area contributed by atoms with Crippen LogP contribution in [0, 0.1) is 5.92 Å². The van der Waals surface area contributed by atoms with Gasteiger partial charge >= 0.3 is 5.97 Å². The summed E-state index contributed by atoms with van der Waals surface area (Å²) in [6.07, 6.45) is 1.65. The minimum absolute atomic E-state index is 0.0540. The molecule has 1 fully saturated rings. The summed E-state index contributed by atoms with van der Waals surface area (Å²) in [7, 11) is 0. The van der Waals surface area contributed by atoms with E-state index in [2.05, 4.69) is 36.1 Å². The van der Waals surface area contributed by atoms with Crippen LogP contribution >= 0.6 is 0 Å². The molecule has 0 unspecified atom stereocenters. The van der Waals surface area contributed by atoms with E-state index in [0.29, 0.717) is 25.0 Å². The van der Waals surface area contributed by atoms with Crippen molar-refractivity contribution in [2.45, 2.75) is 32.7 Å². The van der Waals surface area contributed by atoms with E-state index in [1.807, 2.05) is 13.0 Å². The monoisotopic (exact) mass is 261 g/mol. The lowest BCUT2D eigenvalue weighted by Gasteiger charge is -2.24. The summed E-state index contributed by atoms with van der Waals surface area (Å²) in [4.78, 5) is 14.0. The average Bonchev–Trinajstić information content (AvgIpc) is 2.87. The molecule has 0 aliphatic carbocycles. The fourth-order valence-electron chi connectivity index (χ4n) is 2.78. The van der Waals surface area contributed by atoms with E-state index in [1.165, 1.54) is 5.56 Å². The summed E-state index contributed by atoms with van der Waals surface area (Å²) >= 11 is 0. The molecule has 0 aromatic heterocycles. The standard InChI is InChI=1S/C16H23NO2/c1-3-19-16(18)11-14-9-10-17(12-14)13(2)15-7-5-4-6-8-15/h4-8,13-14H,3,9-12H2,1-2H3/t13-,14-/m1/s1. The number of hydrogen-bond donors (Lipinski definition) is 0. The lowest BCUT2D eigenvalue weighted by molar-refractivity contribution is -0.144. The van der Waals surface area contributed by atoms with Gasteiger partial charge in [-0.15, -0.1) is 0 Å². The van der Waals surface area contributed by atoms with Crippen LogP contribution in [0.25, 0.3) is 0 Å². The molecule has 0 bridgehead atoms. The van der Waals surface area contributed by atoms with Gasteiger partial charge in [0.25, 0.3) is 0 Å². The average molecular weight is 261 g/mol. The van der Waals surface area contributed by atoms with Gasteiger partial charge in [0.05, 0.1) is 6.61 Å². The van der Waals surface area contributed by atoms with E-state index in [9.17, 15) is 4.79 Å². The van der Waals surface area contributed by atoms with Gasteiger partial charge in [-0.1, -0.05) is 30.3 Å². The third-order valence-corrected chi connectivity index (χ3v) is 3.91. The SMILES string of the molecule is CCOC(=O)C[C@H]1CCN([C@H](C)c2ccccc2)C1. The summed E-state index contributed by atoms with van der Waals surface area (Å²) in [5.74, 6) is 0.395. The van der Waals surface area contributed by atoms with Gasteiger partial charge in [0, 0.05) is 19.0 Å². The highest BCUT2D eigenvalue weighted by Crippen LogP contribution is 2.28. The Balaban J connectivity index is 1.86. The van der Waals surface area contributed by atoms with E-state index in [-0.39, 0.29) is 5.97 Å². The van der Waals surface area contributed by atoms with E-state index in [0.717, 1.165) is 19.5 Å². The van der Waals surface area contributed by atoms with Crippen molar-refractivity contribution in [3.63, 3.8) is 0 Å². The maximum atomic E-state index is 11.5. The number of carbonyl (C=O) groups is 1. The molecular formula is C16H23NO2. The Morgan fingerprint density at radius 3 is 2.84 bits per heavy atom. The molecule has 3 nitrogen and oxygen atoms in total. The number of rotatable bonds is 5. The predicted octanol–water partition coefficient (Wildman–Crippen LogP) is 3.02. The summed E-state index contributed by atoms with van der Waals surface area (Å²) in [6, 6.07) is 11.0. The molecule has 0 N–H and O–H groups in total. The Labute approximate surface area is 115 Å². The molecule has 0 radical (unpaired) electrons. The largest absolute Gasteiger partial charge is 0.466 e. The first kappa shape index (κ1) is 14.1. The highest BCUT2D eigenvalue weighted by Gasteiger charge is 2.28. The van der Waals surface area contributed by atoms with Gasteiger partial charge < -0.3 is 4.74 Å². The highest BCUT2D eigenvalue weighted by molar-refractivity contribution is 5.69. The molecule has 0 amide bonds. The minimum Gasteiger partial charge on any atom is -0.466 e. The van der Waals surface area contributed by atoms with Crippen LogP contribution in [0.3, 0.4) is 0 Å². The second-order valence-corrected chi connectivity index (χ2v) is 5.25. The Morgan fingerprint density at radius 2 is 2.16 bits per heavy atom. The van der Waals surface area contributed by atoms with Gasteiger partial charge in [0.15, 0.2) is 0 Å². The van der Waals surface area contributed by atoms with Crippen molar-refractivity contribution in [3.8, 4) is 0 Å². The molecule has 2 rings (SSSR count). The first-order chi connectivity index (χ1) is 9.20. The van der Waals surface area contributed by atoms with Crippen LogP contribution in [0.1, 0.15) is 38.3 Å². The molecule has 19 heavy (non-hydrogen) atoms. The highest BCUT2D eigenvalue weighted by atomic mass is 16.5. The Kier molecular flexibility index (Phi) is 4.97. The molecule has 1 heterocycles. The van der Waals surface area contributed by atoms with Crippen molar-refractivity contribution < 1.29 is 9.53 Å². The quantitative estimate of drug-likeness (QED) is 0.763. The van der Waals surface area contributed by atoms with Crippen molar-refractivity contribution in [2.24, 2.45) is 5.92 Å². The zero-order valence-corrected chi connectivity index (χ0v) is 11.8. The summed E-state index contributed by atoms with van der Waals surface area (Å²) in [5, 5.41) is 0. The third-order valence-electron chi connectivity index (χ3n) is 3.91. The number of esters is 1. The molecule has 3 heteroatoms. The fraction of sp³-hybridized carbons (Fsp3) is 0.562. The molecule has 1 aliphatic rings.